The van der Waals surface area contributed by atoms with E-state index in [0.29, 0.717) is 6.54 Å². The Balaban J connectivity index is 2.12. The van der Waals surface area contributed by atoms with Crippen LogP contribution < -0.4 is 10.6 Å². The van der Waals surface area contributed by atoms with E-state index in [2.05, 4.69) is 20.6 Å². The highest BCUT2D eigenvalue weighted by Crippen LogP contribution is 2.22. The molecule has 0 saturated heterocycles. The number of hydrogen-bond donors (Lipinski definition) is 2. The first-order valence-corrected chi connectivity index (χ1v) is 5.35. The number of rotatable bonds is 2. The summed E-state index contributed by atoms with van der Waals surface area (Å²) >= 11 is 0. The average Bonchev–Trinajstić information content (AvgIpc) is 2.27. The second kappa shape index (κ2) is 4.48. The first kappa shape index (κ1) is 12.1. The number of anilines is 1. The highest BCUT2D eigenvalue weighted by atomic mass is 19.4. The highest BCUT2D eigenvalue weighted by Gasteiger charge is 2.36. The average molecular weight is 246 g/mol. The van der Waals surface area contributed by atoms with Crippen LogP contribution in [0.3, 0.4) is 0 Å². The first-order chi connectivity index (χ1) is 7.97. The Labute approximate surface area is 96.7 Å². The van der Waals surface area contributed by atoms with Crippen molar-refractivity contribution in [2.45, 2.75) is 32.1 Å². The molecule has 0 saturated carbocycles. The third-order valence-corrected chi connectivity index (χ3v) is 2.65. The molecule has 0 spiro atoms. The standard InChI is InChI=1S/C10H13F3N4/c1-6(10(11,12)13)16-9-15-4-7-2-3-14-5-8(7)17-9/h4,6,14H,2-3,5H2,1H3,(H,15,16,17)/t6-/m0/s1. The van der Waals surface area contributed by atoms with Crippen molar-refractivity contribution in [3.63, 3.8) is 0 Å². The van der Waals surface area contributed by atoms with Crippen LogP contribution in [0.4, 0.5) is 19.1 Å². The molecule has 2 heterocycles. The Morgan fingerprint density at radius 3 is 2.94 bits per heavy atom. The normalized spacial score (nSPS) is 17.4. The van der Waals surface area contributed by atoms with Gasteiger partial charge in [0.15, 0.2) is 0 Å². The number of nitrogens with one attached hydrogen (secondary N) is 2. The molecule has 4 nitrogen and oxygen atoms in total. The fourth-order valence-electron chi connectivity index (χ4n) is 1.58. The molecule has 2 rings (SSSR count). The van der Waals surface area contributed by atoms with E-state index in [1.807, 2.05) is 0 Å². The van der Waals surface area contributed by atoms with Crippen LogP contribution in [-0.4, -0.2) is 28.7 Å². The molecule has 1 aromatic heterocycles. The molecule has 0 radical (unpaired) electrons. The SMILES string of the molecule is C[C@H](Nc1ncc2c(n1)CNCC2)C(F)(F)F. The molecule has 2 N–H and O–H groups in total. The molecule has 17 heavy (non-hydrogen) atoms. The zero-order chi connectivity index (χ0) is 12.5. The summed E-state index contributed by atoms with van der Waals surface area (Å²) in [6.45, 7) is 2.47. The summed E-state index contributed by atoms with van der Waals surface area (Å²) in [7, 11) is 0. The molecule has 0 amide bonds. The van der Waals surface area contributed by atoms with Gasteiger partial charge in [-0.25, -0.2) is 9.97 Å². The van der Waals surface area contributed by atoms with Crippen molar-refractivity contribution in [2.75, 3.05) is 11.9 Å². The van der Waals surface area contributed by atoms with Crippen molar-refractivity contribution in [1.82, 2.24) is 15.3 Å². The second-order valence-corrected chi connectivity index (χ2v) is 4.00. The van der Waals surface area contributed by atoms with Gasteiger partial charge in [-0.1, -0.05) is 0 Å². The topological polar surface area (TPSA) is 49.8 Å². The highest BCUT2D eigenvalue weighted by molar-refractivity contribution is 5.32. The monoisotopic (exact) mass is 246 g/mol. The van der Waals surface area contributed by atoms with Gasteiger partial charge in [-0.05, 0) is 25.5 Å². The number of halogens is 3. The first-order valence-electron chi connectivity index (χ1n) is 5.35. The van der Waals surface area contributed by atoms with E-state index in [1.165, 1.54) is 0 Å². The molecule has 0 aliphatic carbocycles. The molecule has 0 fully saturated rings. The predicted octanol–water partition coefficient (Wildman–Crippen LogP) is 1.48. The van der Waals surface area contributed by atoms with Crippen molar-refractivity contribution >= 4 is 5.95 Å². The number of fused-ring (bicyclic) bond motifs is 1. The van der Waals surface area contributed by atoms with Crippen LogP contribution in [0, 0.1) is 0 Å². The molecular formula is C10H13F3N4. The number of nitrogens with zero attached hydrogens (tertiary/aromatic N) is 2. The molecule has 1 atom stereocenters. The van der Waals surface area contributed by atoms with Gasteiger partial charge in [-0.15, -0.1) is 0 Å². The fourth-order valence-corrected chi connectivity index (χ4v) is 1.58. The molecule has 0 unspecified atom stereocenters. The predicted molar refractivity (Wildman–Crippen MR) is 56.6 cm³/mol. The second-order valence-electron chi connectivity index (χ2n) is 4.00. The minimum absolute atomic E-state index is 0.0253. The molecule has 0 bridgehead atoms. The zero-order valence-corrected chi connectivity index (χ0v) is 9.30. The van der Waals surface area contributed by atoms with Crippen LogP contribution in [-0.2, 0) is 13.0 Å². The van der Waals surface area contributed by atoms with Gasteiger partial charge >= 0.3 is 6.18 Å². The maximum Gasteiger partial charge on any atom is 0.408 e. The van der Waals surface area contributed by atoms with E-state index >= 15 is 0 Å². The van der Waals surface area contributed by atoms with Gasteiger partial charge in [0.1, 0.15) is 6.04 Å². The Morgan fingerprint density at radius 2 is 2.24 bits per heavy atom. The van der Waals surface area contributed by atoms with Gasteiger partial charge in [0.2, 0.25) is 5.95 Å². The molecule has 7 heteroatoms. The number of hydrogen-bond acceptors (Lipinski definition) is 4. The van der Waals surface area contributed by atoms with Crippen molar-refractivity contribution < 1.29 is 13.2 Å². The summed E-state index contributed by atoms with van der Waals surface area (Å²) in [4.78, 5) is 7.98. The van der Waals surface area contributed by atoms with Crippen LogP contribution in [0.1, 0.15) is 18.2 Å². The molecule has 1 aliphatic heterocycles. The van der Waals surface area contributed by atoms with E-state index in [4.69, 9.17) is 0 Å². The quantitative estimate of drug-likeness (QED) is 0.830. The summed E-state index contributed by atoms with van der Waals surface area (Å²) in [5.41, 5.74) is 1.76. The number of aromatic nitrogens is 2. The summed E-state index contributed by atoms with van der Waals surface area (Å²) in [5.74, 6) is 0.0253. The maximum absolute atomic E-state index is 12.3. The van der Waals surface area contributed by atoms with Crippen LogP contribution in [0.15, 0.2) is 6.20 Å². The lowest BCUT2D eigenvalue weighted by atomic mass is 10.1. The van der Waals surface area contributed by atoms with E-state index in [9.17, 15) is 13.2 Å². The zero-order valence-electron chi connectivity index (χ0n) is 9.30. The van der Waals surface area contributed by atoms with Crippen molar-refractivity contribution in [3.8, 4) is 0 Å². The van der Waals surface area contributed by atoms with Gasteiger partial charge in [0.25, 0.3) is 0 Å². The Hall–Kier alpha value is -1.37. The lowest BCUT2D eigenvalue weighted by Gasteiger charge is -2.19. The maximum atomic E-state index is 12.3. The third-order valence-electron chi connectivity index (χ3n) is 2.65. The lowest BCUT2D eigenvalue weighted by molar-refractivity contribution is -0.138. The van der Waals surface area contributed by atoms with Gasteiger partial charge in [0, 0.05) is 12.7 Å². The molecule has 0 aromatic carbocycles. The van der Waals surface area contributed by atoms with Crippen molar-refractivity contribution in [1.29, 1.82) is 0 Å². The van der Waals surface area contributed by atoms with Crippen molar-refractivity contribution in [3.05, 3.63) is 17.5 Å². The Bertz CT molecular complexity index is 405. The summed E-state index contributed by atoms with van der Waals surface area (Å²) in [6, 6.07) is -1.66. The van der Waals surface area contributed by atoms with E-state index in [0.717, 1.165) is 31.1 Å². The van der Waals surface area contributed by atoms with E-state index in [1.54, 1.807) is 6.20 Å². The Morgan fingerprint density at radius 1 is 1.47 bits per heavy atom. The molecule has 1 aliphatic rings. The smallest absolute Gasteiger partial charge is 0.343 e. The minimum atomic E-state index is -4.29. The van der Waals surface area contributed by atoms with Gasteiger partial charge in [0.05, 0.1) is 5.69 Å². The number of alkyl halides is 3. The summed E-state index contributed by atoms with van der Waals surface area (Å²) < 4.78 is 37.0. The molecular weight excluding hydrogens is 233 g/mol. The van der Waals surface area contributed by atoms with Crippen LogP contribution in [0.2, 0.25) is 0 Å². The van der Waals surface area contributed by atoms with Gasteiger partial charge in [-0.2, -0.15) is 13.2 Å². The molecule has 1 aromatic rings. The lowest BCUT2D eigenvalue weighted by Crippen LogP contribution is -2.34. The largest absolute Gasteiger partial charge is 0.408 e. The Kier molecular flexibility index (Phi) is 3.19. The summed E-state index contributed by atoms with van der Waals surface area (Å²) in [5, 5.41) is 5.37. The minimum Gasteiger partial charge on any atom is -0.343 e. The van der Waals surface area contributed by atoms with E-state index < -0.39 is 12.2 Å². The van der Waals surface area contributed by atoms with Crippen LogP contribution >= 0.6 is 0 Å². The van der Waals surface area contributed by atoms with Crippen molar-refractivity contribution in [2.24, 2.45) is 0 Å². The third kappa shape index (κ3) is 2.85. The van der Waals surface area contributed by atoms with E-state index in [-0.39, 0.29) is 5.95 Å². The molecule has 94 valence electrons. The van der Waals surface area contributed by atoms with Crippen LogP contribution in [0.25, 0.3) is 0 Å². The summed E-state index contributed by atoms with van der Waals surface area (Å²) in [6.07, 6.45) is -1.89. The van der Waals surface area contributed by atoms with Gasteiger partial charge < -0.3 is 10.6 Å². The van der Waals surface area contributed by atoms with Gasteiger partial charge in [-0.3, -0.25) is 0 Å². The fraction of sp³-hybridized carbons (Fsp3) is 0.600. The van der Waals surface area contributed by atoms with Crippen LogP contribution in [0.5, 0.6) is 0 Å².